The van der Waals surface area contributed by atoms with Crippen LogP contribution in [0.4, 0.5) is 0 Å². The minimum absolute atomic E-state index is 0.298. The second-order valence-electron chi connectivity index (χ2n) is 3.12. The van der Waals surface area contributed by atoms with Crippen LogP contribution in [-0.4, -0.2) is 22.5 Å². The first-order valence-electron chi connectivity index (χ1n) is 4.50. The van der Waals surface area contributed by atoms with E-state index in [9.17, 15) is 4.79 Å². The molecule has 2 N–H and O–H groups in total. The quantitative estimate of drug-likeness (QED) is 0.728. The SMILES string of the molecule is COC(=O)c1cn2ccc(CN)cc2n1. The van der Waals surface area contributed by atoms with Gasteiger partial charge in [0.05, 0.1) is 7.11 Å². The van der Waals surface area contributed by atoms with Gasteiger partial charge in [0, 0.05) is 18.9 Å². The molecule has 5 nitrogen and oxygen atoms in total. The van der Waals surface area contributed by atoms with E-state index < -0.39 is 5.97 Å². The van der Waals surface area contributed by atoms with Crippen molar-refractivity contribution in [1.29, 1.82) is 0 Å². The molecule has 2 rings (SSSR count). The lowest BCUT2D eigenvalue weighted by Gasteiger charge is -1.96. The molecule has 0 aliphatic heterocycles. The first kappa shape index (κ1) is 9.67. The van der Waals surface area contributed by atoms with Crippen LogP contribution in [0.3, 0.4) is 0 Å². The zero-order valence-corrected chi connectivity index (χ0v) is 8.30. The summed E-state index contributed by atoms with van der Waals surface area (Å²) in [6, 6.07) is 3.72. The maximum absolute atomic E-state index is 11.2. The monoisotopic (exact) mass is 205 g/mol. The van der Waals surface area contributed by atoms with E-state index in [1.54, 1.807) is 10.6 Å². The lowest BCUT2D eigenvalue weighted by atomic mass is 10.3. The smallest absolute Gasteiger partial charge is 0.358 e. The fourth-order valence-corrected chi connectivity index (χ4v) is 1.35. The van der Waals surface area contributed by atoms with Gasteiger partial charge in [0.1, 0.15) is 5.65 Å². The molecule has 0 aliphatic rings. The predicted octanol–water partition coefficient (Wildman–Crippen LogP) is 0.580. The Morgan fingerprint density at radius 1 is 1.67 bits per heavy atom. The molecule has 2 aromatic heterocycles. The maximum Gasteiger partial charge on any atom is 0.358 e. The van der Waals surface area contributed by atoms with Crippen molar-refractivity contribution >= 4 is 11.6 Å². The molecular formula is C10H11N3O2. The van der Waals surface area contributed by atoms with Gasteiger partial charge in [-0.25, -0.2) is 9.78 Å². The molecule has 0 aliphatic carbocycles. The normalized spacial score (nSPS) is 10.5. The second-order valence-corrected chi connectivity index (χ2v) is 3.12. The molecule has 5 heteroatoms. The number of carbonyl (C=O) groups excluding carboxylic acids is 1. The van der Waals surface area contributed by atoms with Crippen LogP contribution < -0.4 is 5.73 Å². The summed E-state index contributed by atoms with van der Waals surface area (Å²) in [4.78, 5) is 15.3. The number of aromatic nitrogens is 2. The minimum Gasteiger partial charge on any atom is -0.464 e. The van der Waals surface area contributed by atoms with Gasteiger partial charge in [-0.2, -0.15) is 0 Å². The molecule has 0 amide bonds. The highest BCUT2D eigenvalue weighted by Crippen LogP contribution is 2.08. The molecule has 78 valence electrons. The average molecular weight is 205 g/mol. The van der Waals surface area contributed by atoms with Gasteiger partial charge >= 0.3 is 5.97 Å². The van der Waals surface area contributed by atoms with Gasteiger partial charge in [-0.1, -0.05) is 0 Å². The molecule has 15 heavy (non-hydrogen) atoms. The van der Waals surface area contributed by atoms with Crippen molar-refractivity contribution in [2.75, 3.05) is 7.11 Å². The molecule has 0 spiro atoms. The van der Waals surface area contributed by atoms with E-state index in [1.807, 2.05) is 18.3 Å². The number of carbonyl (C=O) groups is 1. The van der Waals surface area contributed by atoms with E-state index in [0.29, 0.717) is 17.9 Å². The molecular weight excluding hydrogens is 194 g/mol. The molecule has 0 saturated heterocycles. The lowest BCUT2D eigenvalue weighted by Crippen LogP contribution is -2.00. The molecule has 0 saturated carbocycles. The van der Waals surface area contributed by atoms with E-state index in [0.717, 1.165) is 5.56 Å². The largest absolute Gasteiger partial charge is 0.464 e. The van der Waals surface area contributed by atoms with Crippen LogP contribution in [-0.2, 0) is 11.3 Å². The molecule has 0 unspecified atom stereocenters. The Balaban J connectivity index is 2.51. The third kappa shape index (κ3) is 1.69. The van der Waals surface area contributed by atoms with Crippen molar-refractivity contribution in [2.45, 2.75) is 6.54 Å². The van der Waals surface area contributed by atoms with Crippen molar-refractivity contribution in [3.8, 4) is 0 Å². The van der Waals surface area contributed by atoms with E-state index >= 15 is 0 Å². The molecule has 0 radical (unpaired) electrons. The number of ether oxygens (including phenoxy) is 1. The Morgan fingerprint density at radius 3 is 3.13 bits per heavy atom. The summed E-state index contributed by atoms with van der Waals surface area (Å²) in [6.07, 6.45) is 3.44. The van der Waals surface area contributed by atoms with Crippen LogP contribution in [0.2, 0.25) is 0 Å². The van der Waals surface area contributed by atoms with Crippen molar-refractivity contribution in [3.63, 3.8) is 0 Å². The van der Waals surface area contributed by atoms with Gasteiger partial charge in [0.25, 0.3) is 0 Å². The van der Waals surface area contributed by atoms with Crippen LogP contribution in [0, 0.1) is 0 Å². The van der Waals surface area contributed by atoms with Crippen LogP contribution in [0.15, 0.2) is 24.5 Å². The van der Waals surface area contributed by atoms with E-state index in [1.165, 1.54) is 7.11 Å². The number of nitrogens with zero attached hydrogens (tertiary/aromatic N) is 2. The summed E-state index contributed by atoms with van der Waals surface area (Å²) in [7, 11) is 1.33. The van der Waals surface area contributed by atoms with Gasteiger partial charge in [0.2, 0.25) is 0 Å². The van der Waals surface area contributed by atoms with E-state index in [2.05, 4.69) is 9.72 Å². The highest BCUT2D eigenvalue weighted by molar-refractivity contribution is 5.87. The number of pyridine rings is 1. The fraction of sp³-hybridized carbons (Fsp3) is 0.200. The van der Waals surface area contributed by atoms with Crippen molar-refractivity contribution in [2.24, 2.45) is 5.73 Å². The Labute approximate surface area is 86.5 Å². The lowest BCUT2D eigenvalue weighted by molar-refractivity contribution is 0.0595. The van der Waals surface area contributed by atoms with Crippen molar-refractivity contribution < 1.29 is 9.53 Å². The zero-order chi connectivity index (χ0) is 10.8. The highest BCUT2D eigenvalue weighted by Gasteiger charge is 2.10. The average Bonchev–Trinajstić information content (AvgIpc) is 2.70. The van der Waals surface area contributed by atoms with Gasteiger partial charge in [-0.05, 0) is 17.7 Å². The van der Waals surface area contributed by atoms with Gasteiger partial charge in [0.15, 0.2) is 5.69 Å². The summed E-state index contributed by atoms with van der Waals surface area (Å²) < 4.78 is 6.34. The molecule has 2 heterocycles. The third-order valence-corrected chi connectivity index (χ3v) is 2.15. The van der Waals surface area contributed by atoms with E-state index in [4.69, 9.17) is 5.73 Å². The highest BCUT2D eigenvalue weighted by atomic mass is 16.5. The van der Waals surface area contributed by atoms with Crippen LogP contribution in [0.25, 0.3) is 5.65 Å². The van der Waals surface area contributed by atoms with Crippen molar-refractivity contribution in [1.82, 2.24) is 9.38 Å². The molecule has 0 fully saturated rings. The second kappa shape index (κ2) is 3.70. The Hall–Kier alpha value is -1.88. The number of hydrogen-bond acceptors (Lipinski definition) is 4. The summed E-state index contributed by atoms with van der Waals surface area (Å²) in [5, 5.41) is 0. The maximum atomic E-state index is 11.2. The number of methoxy groups -OCH3 is 1. The summed E-state index contributed by atoms with van der Waals surface area (Å²) in [6.45, 7) is 0.455. The number of hydrogen-bond donors (Lipinski definition) is 1. The first-order valence-corrected chi connectivity index (χ1v) is 4.50. The summed E-state index contributed by atoms with van der Waals surface area (Å²) in [5.41, 5.74) is 7.47. The Kier molecular flexibility index (Phi) is 2.39. The van der Waals surface area contributed by atoms with Crippen LogP contribution >= 0.6 is 0 Å². The predicted molar refractivity (Wildman–Crippen MR) is 54.4 cm³/mol. The van der Waals surface area contributed by atoms with Crippen molar-refractivity contribution in [3.05, 3.63) is 35.8 Å². The standard InChI is InChI=1S/C10H11N3O2/c1-15-10(14)8-6-13-3-2-7(5-11)4-9(13)12-8/h2-4,6H,5,11H2,1H3. The zero-order valence-electron chi connectivity index (χ0n) is 8.30. The Morgan fingerprint density at radius 2 is 2.47 bits per heavy atom. The van der Waals surface area contributed by atoms with Gasteiger partial charge in [-0.3, -0.25) is 0 Å². The van der Waals surface area contributed by atoms with E-state index in [-0.39, 0.29) is 0 Å². The number of fused-ring (bicyclic) bond motifs is 1. The Bertz CT molecular complexity index is 504. The summed E-state index contributed by atoms with van der Waals surface area (Å²) in [5.74, 6) is -0.437. The number of rotatable bonds is 2. The van der Waals surface area contributed by atoms with Gasteiger partial charge < -0.3 is 14.9 Å². The number of imidazole rings is 1. The van der Waals surface area contributed by atoms with Crippen LogP contribution in [0.1, 0.15) is 16.1 Å². The number of nitrogens with two attached hydrogens (primary N) is 1. The topological polar surface area (TPSA) is 69.6 Å². The number of esters is 1. The molecule has 0 aromatic carbocycles. The minimum atomic E-state index is -0.437. The third-order valence-electron chi connectivity index (χ3n) is 2.15. The summed E-state index contributed by atoms with van der Waals surface area (Å²) >= 11 is 0. The molecule has 0 atom stereocenters. The fourth-order valence-electron chi connectivity index (χ4n) is 1.35. The van der Waals surface area contributed by atoms with Gasteiger partial charge in [-0.15, -0.1) is 0 Å². The first-order chi connectivity index (χ1) is 7.24. The molecule has 2 aromatic rings. The molecule has 0 bridgehead atoms. The van der Waals surface area contributed by atoms with Crippen LogP contribution in [0.5, 0.6) is 0 Å².